The number of hydrogen-bond acceptors (Lipinski definition) is 3. The molecule has 0 saturated heterocycles. The van der Waals surface area contributed by atoms with Crippen molar-refractivity contribution in [2.24, 2.45) is 0 Å². The first-order valence-electron chi connectivity index (χ1n) is 7.00. The molecule has 0 amide bonds. The van der Waals surface area contributed by atoms with Crippen LogP contribution < -0.4 is 5.32 Å². The Hall–Kier alpha value is -1.39. The monoisotopic (exact) mass is 261 g/mol. The Morgan fingerprint density at radius 1 is 1.37 bits per heavy atom. The summed E-state index contributed by atoms with van der Waals surface area (Å²) in [5.74, 6) is 0. The number of unbranched alkanes of at least 4 members (excludes halogenated alkanes) is 1. The highest BCUT2D eigenvalue weighted by molar-refractivity contribution is 5.79. The average Bonchev–Trinajstić information content (AvgIpc) is 2.81. The number of nitrogens with zero attached hydrogens (tertiary/aromatic N) is 1. The minimum Gasteiger partial charge on any atom is -0.379 e. The van der Waals surface area contributed by atoms with Gasteiger partial charge in [-0.2, -0.15) is 0 Å². The van der Waals surface area contributed by atoms with E-state index in [9.17, 15) is 0 Å². The van der Waals surface area contributed by atoms with Crippen molar-refractivity contribution in [3.05, 3.63) is 30.1 Å². The second-order valence-electron chi connectivity index (χ2n) is 5.02. The van der Waals surface area contributed by atoms with Gasteiger partial charge in [0.15, 0.2) is 0 Å². The van der Waals surface area contributed by atoms with Crippen LogP contribution in [-0.4, -0.2) is 29.2 Å². The standard InChI is InChI=1S/C15H23N3O/c1-12(2)19-9-4-3-7-16-10-13-11-18-15-14(13)6-5-8-17-15/h5-6,8,11-12,16H,3-4,7,9-10H2,1-2H3,(H,17,18). The van der Waals surface area contributed by atoms with Crippen molar-refractivity contribution < 1.29 is 4.74 Å². The largest absolute Gasteiger partial charge is 0.379 e. The van der Waals surface area contributed by atoms with E-state index in [0.717, 1.165) is 38.2 Å². The van der Waals surface area contributed by atoms with Gasteiger partial charge in [0.1, 0.15) is 5.65 Å². The molecule has 0 aliphatic rings. The van der Waals surface area contributed by atoms with Crippen LogP contribution in [0.1, 0.15) is 32.3 Å². The Labute approximate surface area is 114 Å². The first-order valence-corrected chi connectivity index (χ1v) is 7.00. The quantitative estimate of drug-likeness (QED) is 0.718. The van der Waals surface area contributed by atoms with Gasteiger partial charge < -0.3 is 15.0 Å². The minimum absolute atomic E-state index is 0.340. The Balaban J connectivity index is 1.66. The second-order valence-corrected chi connectivity index (χ2v) is 5.02. The van der Waals surface area contributed by atoms with Gasteiger partial charge >= 0.3 is 0 Å². The molecule has 2 heterocycles. The van der Waals surface area contributed by atoms with Crippen LogP contribution in [0.15, 0.2) is 24.5 Å². The lowest BCUT2D eigenvalue weighted by Crippen LogP contribution is -2.15. The van der Waals surface area contributed by atoms with E-state index in [4.69, 9.17) is 4.74 Å². The van der Waals surface area contributed by atoms with Crippen LogP contribution >= 0.6 is 0 Å². The van der Waals surface area contributed by atoms with Gasteiger partial charge in [-0.05, 0) is 50.9 Å². The van der Waals surface area contributed by atoms with Gasteiger partial charge in [0.2, 0.25) is 0 Å². The lowest BCUT2D eigenvalue weighted by Gasteiger charge is -2.07. The van der Waals surface area contributed by atoms with Crippen LogP contribution in [0.5, 0.6) is 0 Å². The second kappa shape index (κ2) is 7.26. The van der Waals surface area contributed by atoms with E-state index in [1.807, 2.05) is 18.5 Å². The molecule has 0 saturated carbocycles. The van der Waals surface area contributed by atoms with Crippen LogP contribution in [0.4, 0.5) is 0 Å². The van der Waals surface area contributed by atoms with E-state index in [0.29, 0.717) is 6.10 Å². The molecule has 2 rings (SSSR count). The fraction of sp³-hybridized carbons (Fsp3) is 0.533. The lowest BCUT2D eigenvalue weighted by atomic mass is 10.2. The van der Waals surface area contributed by atoms with Crippen molar-refractivity contribution in [1.82, 2.24) is 15.3 Å². The van der Waals surface area contributed by atoms with Crippen molar-refractivity contribution in [1.29, 1.82) is 0 Å². The summed E-state index contributed by atoms with van der Waals surface area (Å²) < 4.78 is 5.51. The number of ether oxygens (including phenoxy) is 1. The van der Waals surface area contributed by atoms with Gasteiger partial charge in [0.05, 0.1) is 6.10 Å². The number of aromatic nitrogens is 2. The number of H-pyrrole nitrogens is 1. The van der Waals surface area contributed by atoms with E-state index in [1.54, 1.807) is 0 Å². The number of aromatic amines is 1. The van der Waals surface area contributed by atoms with Crippen LogP contribution in [0, 0.1) is 0 Å². The summed E-state index contributed by atoms with van der Waals surface area (Å²) in [5.41, 5.74) is 2.24. The van der Waals surface area contributed by atoms with Gasteiger partial charge in [-0.1, -0.05) is 0 Å². The third kappa shape index (κ3) is 4.33. The van der Waals surface area contributed by atoms with Crippen molar-refractivity contribution in [3.8, 4) is 0 Å². The molecule has 4 nitrogen and oxygen atoms in total. The topological polar surface area (TPSA) is 49.9 Å². The Morgan fingerprint density at radius 3 is 3.11 bits per heavy atom. The molecule has 0 aromatic carbocycles. The molecule has 0 spiro atoms. The number of rotatable bonds is 8. The van der Waals surface area contributed by atoms with Gasteiger partial charge in [-0.25, -0.2) is 4.98 Å². The maximum absolute atomic E-state index is 5.51. The summed E-state index contributed by atoms with van der Waals surface area (Å²) in [4.78, 5) is 7.48. The van der Waals surface area contributed by atoms with Crippen molar-refractivity contribution in [3.63, 3.8) is 0 Å². The molecule has 2 aromatic heterocycles. The lowest BCUT2D eigenvalue weighted by molar-refractivity contribution is 0.0760. The third-order valence-corrected chi connectivity index (χ3v) is 3.05. The zero-order chi connectivity index (χ0) is 13.5. The first-order chi connectivity index (χ1) is 9.27. The summed E-state index contributed by atoms with van der Waals surface area (Å²) in [7, 11) is 0. The molecule has 0 fully saturated rings. The highest BCUT2D eigenvalue weighted by Crippen LogP contribution is 2.14. The average molecular weight is 261 g/mol. The zero-order valence-electron chi connectivity index (χ0n) is 11.8. The Bertz CT molecular complexity index is 493. The summed E-state index contributed by atoms with van der Waals surface area (Å²) in [6.45, 7) is 6.91. The molecule has 0 unspecified atom stereocenters. The minimum atomic E-state index is 0.340. The van der Waals surface area contributed by atoms with Gasteiger partial charge in [0, 0.05) is 30.9 Å². The molecule has 0 atom stereocenters. The fourth-order valence-corrected chi connectivity index (χ4v) is 2.05. The van der Waals surface area contributed by atoms with Gasteiger partial charge in [0.25, 0.3) is 0 Å². The first kappa shape index (κ1) is 14.0. The summed E-state index contributed by atoms with van der Waals surface area (Å²) in [5, 5.41) is 4.67. The Kier molecular flexibility index (Phi) is 5.36. The number of hydrogen-bond donors (Lipinski definition) is 2. The van der Waals surface area contributed by atoms with Crippen molar-refractivity contribution in [2.45, 2.75) is 39.3 Å². The molecule has 0 aliphatic heterocycles. The van der Waals surface area contributed by atoms with E-state index in [-0.39, 0.29) is 0 Å². The van der Waals surface area contributed by atoms with Crippen molar-refractivity contribution >= 4 is 11.0 Å². The maximum atomic E-state index is 5.51. The zero-order valence-corrected chi connectivity index (χ0v) is 11.8. The molecular weight excluding hydrogens is 238 g/mol. The van der Waals surface area contributed by atoms with Crippen LogP contribution in [0.25, 0.3) is 11.0 Å². The SMILES string of the molecule is CC(C)OCCCCNCc1c[nH]c2ncccc12. The highest BCUT2D eigenvalue weighted by atomic mass is 16.5. The predicted octanol–water partition coefficient (Wildman–Crippen LogP) is 2.86. The van der Waals surface area contributed by atoms with Gasteiger partial charge in [-0.3, -0.25) is 0 Å². The third-order valence-electron chi connectivity index (χ3n) is 3.05. The van der Waals surface area contributed by atoms with Crippen LogP contribution in [0.3, 0.4) is 0 Å². The highest BCUT2D eigenvalue weighted by Gasteiger charge is 2.02. The molecule has 2 N–H and O–H groups in total. The molecule has 4 heteroatoms. The molecule has 19 heavy (non-hydrogen) atoms. The summed E-state index contributed by atoms with van der Waals surface area (Å²) >= 11 is 0. The Morgan fingerprint density at radius 2 is 2.26 bits per heavy atom. The molecule has 0 aliphatic carbocycles. The number of nitrogens with one attached hydrogen (secondary N) is 2. The van der Waals surface area contributed by atoms with Crippen LogP contribution in [0.2, 0.25) is 0 Å². The molecule has 104 valence electrons. The van der Waals surface area contributed by atoms with Crippen LogP contribution in [-0.2, 0) is 11.3 Å². The van der Waals surface area contributed by atoms with E-state index < -0.39 is 0 Å². The fourth-order valence-electron chi connectivity index (χ4n) is 2.05. The van der Waals surface area contributed by atoms with E-state index in [1.165, 1.54) is 10.9 Å². The predicted molar refractivity (Wildman–Crippen MR) is 78.1 cm³/mol. The normalized spacial score (nSPS) is 11.5. The number of pyridine rings is 1. The molecule has 0 radical (unpaired) electrons. The molecule has 2 aromatic rings. The molecular formula is C15H23N3O. The number of fused-ring (bicyclic) bond motifs is 1. The van der Waals surface area contributed by atoms with Gasteiger partial charge in [-0.15, -0.1) is 0 Å². The smallest absolute Gasteiger partial charge is 0.137 e. The summed E-state index contributed by atoms with van der Waals surface area (Å²) in [6.07, 6.45) is 6.44. The van der Waals surface area contributed by atoms with Crippen molar-refractivity contribution in [2.75, 3.05) is 13.2 Å². The summed E-state index contributed by atoms with van der Waals surface area (Å²) in [6, 6.07) is 4.08. The van der Waals surface area contributed by atoms with E-state index >= 15 is 0 Å². The maximum Gasteiger partial charge on any atom is 0.137 e. The molecule has 0 bridgehead atoms. The van der Waals surface area contributed by atoms with E-state index in [2.05, 4.69) is 35.2 Å².